The van der Waals surface area contributed by atoms with Crippen LogP contribution in [0.1, 0.15) is 76.3 Å². The summed E-state index contributed by atoms with van der Waals surface area (Å²) < 4.78 is 8.88. The van der Waals surface area contributed by atoms with Crippen LogP contribution >= 0.6 is 0 Å². The van der Waals surface area contributed by atoms with Gasteiger partial charge in [0.1, 0.15) is 5.82 Å². The average Bonchev–Trinajstić information content (AvgIpc) is 3.85. The van der Waals surface area contributed by atoms with Crippen LogP contribution in [0.3, 0.4) is 0 Å². The molecule has 332 valence electrons. The largest absolute Gasteiger partial charge is 0.509 e. The van der Waals surface area contributed by atoms with E-state index >= 15 is 0 Å². The summed E-state index contributed by atoms with van der Waals surface area (Å²) in [6, 6.07) is 67.3. The van der Waals surface area contributed by atoms with Crippen molar-refractivity contribution in [2.24, 2.45) is 0 Å². The van der Waals surface area contributed by atoms with E-state index in [9.17, 15) is 0 Å². The summed E-state index contributed by atoms with van der Waals surface area (Å²) in [4.78, 5) is 9.51. The Hall–Kier alpha value is -5.73. The van der Waals surface area contributed by atoms with Crippen LogP contribution in [0.25, 0.3) is 27.6 Å². The molecule has 0 fully saturated rings. The number of hydrogen-bond donors (Lipinski definition) is 0. The van der Waals surface area contributed by atoms with Gasteiger partial charge < -0.3 is 19.1 Å². The Balaban J connectivity index is 0.00000288. The molecule has 0 saturated carbocycles. The molecule has 7 aromatic carbocycles. The Morgan fingerprint density at radius 1 is 0.492 bits per heavy atom. The molecule has 0 unspecified atom stereocenters. The van der Waals surface area contributed by atoms with E-state index in [1.807, 2.05) is 24.4 Å². The van der Waals surface area contributed by atoms with Crippen LogP contribution < -0.4 is 14.5 Å². The van der Waals surface area contributed by atoms with Crippen LogP contribution in [0, 0.1) is 18.8 Å². The molecule has 2 aromatic heterocycles. The van der Waals surface area contributed by atoms with E-state index in [-0.39, 0.29) is 53.0 Å². The SMILES string of the molecule is CC(C)(C)c1cc(N2[CH-]N(c3[c-]c(Oc4[c-]c5c(cc4)c4ccccc4n5-c4cc(C(C)(c5ccccc5)c5ccccc5)ccn4)ccc3)c3ccccc32)cc(C(C)(C)C)c1.[Pt].[Pt]. The molecular formula is C58H51N4OPt2-3. The van der Waals surface area contributed by atoms with Gasteiger partial charge in [0, 0.05) is 87.8 Å². The predicted molar refractivity (Wildman–Crippen MR) is 260 cm³/mol. The van der Waals surface area contributed by atoms with Gasteiger partial charge in [0.2, 0.25) is 0 Å². The molecule has 65 heavy (non-hydrogen) atoms. The van der Waals surface area contributed by atoms with Crippen molar-refractivity contribution in [3.05, 3.63) is 223 Å². The number of hydrogen-bond acceptors (Lipinski definition) is 4. The predicted octanol–water partition coefficient (Wildman–Crippen LogP) is 14.9. The van der Waals surface area contributed by atoms with Gasteiger partial charge in [-0.25, -0.2) is 4.98 Å². The first-order valence-corrected chi connectivity index (χ1v) is 21.8. The van der Waals surface area contributed by atoms with E-state index in [4.69, 9.17) is 9.72 Å². The molecule has 0 N–H and O–H groups in total. The van der Waals surface area contributed by atoms with Gasteiger partial charge in [-0.3, -0.25) is 0 Å². The van der Waals surface area contributed by atoms with Crippen LogP contribution in [0.4, 0.5) is 22.7 Å². The number of aromatic nitrogens is 2. The van der Waals surface area contributed by atoms with Gasteiger partial charge in [-0.15, -0.1) is 48.1 Å². The number of rotatable bonds is 8. The number of anilines is 4. The monoisotopic (exact) mass is 1210 g/mol. The molecule has 0 bridgehead atoms. The van der Waals surface area contributed by atoms with E-state index in [1.54, 1.807) is 0 Å². The minimum absolute atomic E-state index is 0. The smallest absolute Gasteiger partial charge is 0.135 e. The molecule has 7 heteroatoms. The molecule has 9 aromatic rings. The van der Waals surface area contributed by atoms with Gasteiger partial charge in [-0.1, -0.05) is 144 Å². The molecule has 1 aliphatic rings. The topological polar surface area (TPSA) is 33.5 Å². The van der Waals surface area contributed by atoms with Crippen molar-refractivity contribution in [1.29, 1.82) is 0 Å². The minimum Gasteiger partial charge on any atom is -0.509 e. The van der Waals surface area contributed by atoms with E-state index in [0.29, 0.717) is 11.5 Å². The van der Waals surface area contributed by atoms with Crippen LogP contribution in [-0.2, 0) is 58.4 Å². The van der Waals surface area contributed by atoms with Gasteiger partial charge in [0.25, 0.3) is 0 Å². The number of ether oxygens (including phenoxy) is 1. The summed E-state index contributed by atoms with van der Waals surface area (Å²) in [7, 11) is 0. The third kappa shape index (κ3) is 8.51. The zero-order valence-corrected chi connectivity index (χ0v) is 42.2. The zero-order valence-electron chi connectivity index (χ0n) is 37.7. The van der Waals surface area contributed by atoms with Crippen molar-refractivity contribution in [3.8, 4) is 17.3 Å². The zero-order chi connectivity index (χ0) is 43.5. The fourth-order valence-electron chi connectivity index (χ4n) is 8.95. The standard InChI is InChI=1S/C58H51N4O.2Pt/c1-56(2,3)43-33-44(57(4,5)6)35-46(34-43)61-39-60(52-27-16-17-28-53(52)61)45-23-18-24-47(37-45)63-48-29-30-50-49-25-14-15-26-51(49)62(54(50)38-48)55-36-42(31-32-59-55)58(7,40-19-10-8-11-20-40)41-21-12-9-13-22-41;;/h8-36,39H,1-7H3;;/q-3;;. The van der Waals surface area contributed by atoms with Crippen molar-refractivity contribution in [3.63, 3.8) is 0 Å². The first-order valence-electron chi connectivity index (χ1n) is 21.8. The van der Waals surface area contributed by atoms with E-state index in [1.165, 1.54) is 22.3 Å². The Kier molecular flexibility index (Phi) is 12.6. The second-order valence-electron chi connectivity index (χ2n) is 18.8. The number of nitrogens with zero attached hydrogens (tertiary/aromatic N) is 4. The second kappa shape index (κ2) is 17.9. The fourth-order valence-corrected chi connectivity index (χ4v) is 8.95. The molecule has 0 radical (unpaired) electrons. The minimum atomic E-state index is -0.423. The molecule has 0 aliphatic carbocycles. The maximum Gasteiger partial charge on any atom is 0.135 e. The van der Waals surface area contributed by atoms with E-state index in [0.717, 1.165) is 55.9 Å². The summed E-state index contributed by atoms with van der Waals surface area (Å²) in [5.41, 5.74) is 11.9. The summed E-state index contributed by atoms with van der Waals surface area (Å²) in [6.45, 7) is 18.2. The summed E-state index contributed by atoms with van der Waals surface area (Å²) in [5, 5.41) is 2.20. The van der Waals surface area contributed by atoms with Crippen LogP contribution in [-0.4, -0.2) is 9.55 Å². The molecule has 5 nitrogen and oxygen atoms in total. The van der Waals surface area contributed by atoms with Crippen molar-refractivity contribution >= 4 is 44.6 Å². The van der Waals surface area contributed by atoms with Gasteiger partial charge in [0.05, 0.1) is 0 Å². The van der Waals surface area contributed by atoms with Crippen molar-refractivity contribution in [2.45, 2.75) is 64.7 Å². The molecule has 0 atom stereocenters. The fraction of sp³-hybridized carbons (Fsp3) is 0.172. The maximum absolute atomic E-state index is 6.67. The summed E-state index contributed by atoms with van der Waals surface area (Å²) >= 11 is 0. The molecule has 1 aliphatic heterocycles. The van der Waals surface area contributed by atoms with Crippen molar-refractivity contribution in [2.75, 3.05) is 9.80 Å². The number of benzene rings is 7. The second-order valence-corrected chi connectivity index (χ2v) is 18.8. The molecule has 0 spiro atoms. The molecule has 0 saturated heterocycles. The average molecular weight is 1210 g/mol. The molecule has 0 amide bonds. The summed E-state index contributed by atoms with van der Waals surface area (Å²) in [6.07, 6.45) is 1.93. The van der Waals surface area contributed by atoms with E-state index < -0.39 is 5.41 Å². The summed E-state index contributed by atoms with van der Waals surface area (Å²) in [5.74, 6) is 2.01. The van der Waals surface area contributed by atoms with Crippen LogP contribution in [0.15, 0.2) is 176 Å². The Labute approximate surface area is 412 Å². The molecule has 3 heterocycles. The third-order valence-electron chi connectivity index (χ3n) is 12.6. The first kappa shape index (κ1) is 45.8. The van der Waals surface area contributed by atoms with E-state index in [2.05, 4.69) is 233 Å². The number of para-hydroxylation sites is 3. The van der Waals surface area contributed by atoms with Gasteiger partial charge in [-0.05, 0) is 93.4 Å². The molecule has 10 rings (SSSR count). The molecular weight excluding hydrogens is 1160 g/mol. The van der Waals surface area contributed by atoms with Crippen molar-refractivity contribution < 1.29 is 46.9 Å². The van der Waals surface area contributed by atoms with Gasteiger partial charge in [0.15, 0.2) is 0 Å². The quantitative estimate of drug-likeness (QED) is 0.142. The number of fused-ring (bicyclic) bond motifs is 4. The van der Waals surface area contributed by atoms with Gasteiger partial charge >= 0.3 is 0 Å². The Morgan fingerprint density at radius 2 is 1.08 bits per heavy atom. The Bertz CT molecular complexity index is 3060. The third-order valence-corrected chi connectivity index (χ3v) is 12.6. The van der Waals surface area contributed by atoms with Crippen molar-refractivity contribution in [1.82, 2.24) is 9.55 Å². The van der Waals surface area contributed by atoms with Crippen LogP contribution in [0.5, 0.6) is 11.5 Å². The maximum atomic E-state index is 6.67. The normalized spacial score (nSPS) is 12.8. The van der Waals surface area contributed by atoms with Crippen LogP contribution in [0.2, 0.25) is 0 Å². The Morgan fingerprint density at radius 3 is 1.72 bits per heavy atom. The first-order chi connectivity index (χ1) is 30.4. The number of pyridine rings is 1. The van der Waals surface area contributed by atoms with Gasteiger partial charge in [-0.2, -0.15) is 12.1 Å².